The van der Waals surface area contributed by atoms with Gasteiger partial charge in [-0.15, -0.1) is 11.3 Å². The first-order chi connectivity index (χ1) is 10.8. The van der Waals surface area contributed by atoms with Crippen molar-refractivity contribution in [3.8, 4) is 0 Å². The lowest BCUT2D eigenvalue weighted by atomic mass is 10.2. The standard InChI is InChI=1S/C16H22N4O2S/c1-11-9-12-13(17-10-18-14(12)23-11)19-5-7-20(8-6-19)15(21)22-16(2,3)4/h9-10H,5-8H2,1-4H3. The third kappa shape index (κ3) is 3.55. The number of aryl methyl sites for hydroxylation is 1. The molecule has 1 amide bonds. The minimum Gasteiger partial charge on any atom is -0.444 e. The van der Waals surface area contributed by atoms with Crippen molar-refractivity contribution in [2.45, 2.75) is 33.3 Å². The summed E-state index contributed by atoms with van der Waals surface area (Å²) in [6.45, 7) is 10.5. The Hall–Kier alpha value is -1.89. The number of carbonyl (C=O) groups excluding carboxylic acids is 1. The number of amides is 1. The number of carbonyl (C=O) groups is 1. The van der Waals surface area contributed by atoms with Gasteiger partial charge in [-0.25, -0.2) is 14.8 Å². The van der Waals surface area contributed by atoms with Gasteiger partial charge in [0, 0.05) is 31.1 Å². The van der Waals surface area contributed by atoms with Crippen molar-refractivity contribution in [2.75, 3.05) is 31.1 Å². The maximum Gasteiger partial charge on any atom is 0.410 e. The Labute approximate surface area is 140 Å². The highest BCUT2D eigenvalue weighted by Gasteiger charge is 2.27. The van der Waals surface area contributed by atoms with E-state index in [0.29, 0.717) is 13.1 Å². The van der Waals surface area contributed by atoms with Gasteiger partial charge in [-0.3, -0.25) is 0 Å². The van der Waals surface area contributed by atoms with Crippen LogP contribution in [0.2, 0.25) is 0 Å². The van der Waals surface area contributed by atoms with Crippen LogP contribution in [0, 0.1) is 6.92 Å². The summed E-state index contributed by atoms with van der Waals surface area (Å²) in [6, 6.07) is 2.13. The Kier molecular flexibility index (Phi) is 4.14. The molecule has 6 nitrogen and oxygen atoms in total. The second kappa shape index (κ2) is 5.96. The van der Waals surface area contributed by atoms with E-state index in [1.165, 1.54) is 4.88 Å². The molecule has 0 aromatic carbocycles. The molecule has 2 aromatic rings. The molecule has 0 spiro atoms. The van der Waals surface area contributed by atoms with E-state index in [-0.39, 0.29) is 6.09 Å². The number of fused-ring (bicyclic) bond motifs is 1. The van der Waals surface area contributed by atoms with Crippen LogP contribution in [-0.2, 0) is 4.74 Å². The van der Waals surface area contributed by atoms with Gasteiger partial charge in [0.05, 0.1) is 5.39 Å². The third-order valence-corrected chi connectivity index (χ3v) is 4.62. The highest BCUT2D eigenvalue weighted by Crippen LogP contribution is 2.30. The number of nitrogens with zero attached hydrogens (tertiary/aromatic N) is 4. The Morgan fingerprint density at radius 1 is 1.22 bits per heavy atom. The van der Waals surface area contributed by atoms with E-state index in [9.17, 15) is 4.79 Å². The lowest BCUT2D eigenvalue weighted by Gasteiger charge is -2.36. The van der Waals surface area contributed by atoms with E-state index in [1.54, 1.807) is 22.6 Å². The van der Waals surface area contributed by atoms with Crippen LogP contribution in [0.1, 0.15) is 25.6 Å². The number of anilines is 1. The van der Waals surface area contributed by atoms with Crippen LogP contribution in [0.3, 0.4) is 0 Å². The normalized spacial score (nSPS) is 16.0. The van der Waals surface area contributed by atoms with Crippen LogP contribution in [-0.4, -0.2) is 52.7 Å². The molecule has 2 aromatic heterocycles. The molecule has 0 unspecified atom stereocenters. The third-order valence-electron chi connectivity index (χ3n) is 3.66. The molecule has 1 aliphatic heterocycles. The maximum absolute atomic E-state index is 12.1. The summed E-state index contributed by atoms with van der Waals surface area (Å²) < 4.78 is 5.44. The van der Waals surface area contributed by atoms with Gasteiger partial charge in [0.25, 0.3) is 0 Å². The van der Waals surface area contributed by atoms with Crippen molar-refractivity contribution in [1.29, 1.82) is 0 Å². The van der Waals surface area contributed by atoms with Crippen molar-refractivity contribution in [3.05, 3.63) is 17.3 Å². The number of hydrogen-bond donors (Lipinski definition) is 0. The minimum atomic E-state index is -0.457. The first-order valence-electron chi connectivity index (χ1n) is 7.77. The van der Waals surface area contributed by atoms with Gasteiger partial charge >= 0.3 is 6.09 Å². The Morgan fingerprint density at radius 2 is 1.91 bits per heavy atom. The predicted molar refractivity (Wildman–Crippen MR) is 92.2 cm³/mol. The highest BCUT2D eigenvalue weighted by molar-refractivity contribution is 7.18. The molecule has 0 radical (unpaired) electrons. The topological polar surface area (TPSA) is 58.6 Å². The molecule has 7 heteroatoms. The zero-order chi connectivity index (χ0) is 16.6. The van der Waals surface area contributed by atoms with Gasteiger partial charge in [-0.2, -0.15) is 0 Å². The fourth-order valence-corrected chi connectivity index (χ4v) is 3.48. The largest absolute Gasteiger partial charge is 0.444 e. The molecule has 0 aliphatic carbocycles. The molecule has 124 valence electrons. The molecular weight excluding hydrogens is 312 g/mol. The molecule has 1 saturated heterocycles. The summed E-state index contributed by atoms with van der Waals surface area (Å²) >= 11 is 1.68. The van der Waals surface area contributed by atoms with E-state index in [4.69, 9.17) is 4.74 Å². The SMILES string of the molecule is Cc1cc2c(N3CCN(C(=O)OC(C)(C)C)CC3)ncnc2s1. The summed E-state index contributed by atoms with van der Waals surface area (Å²) in [4.78, 5) is 27.2. The van der Waals surface area contributed by atoms with Gasteiger partial charge in [-0.1, -0.05) is 0 Å². The zero-order valence-electron chi connectivity index (χ0n) is 14.0. The number of thiophene rings is 1. The number of aromatic nitrogens is 2. The van der Waals surface area contributed by atoms with Crippen LogP contribution in [0.4, 0.5) is 10.6 Å². The van der Waals surface area contributed by atoms with E-state index < -0.39 is 5.60 Å². The Morgan fingerprint density at radius 3 is 2.57 bits per heavy atom. The molecule has 23 heavy (non-hydrogen) atoms. The van der Waals surface area contributed by atoms with Gasteiger partial charge in [0.15, 0.2) is 0 Å². The monoisotopic (exact) mass is 334 g/mol. The number of hydrogen-bond acceptors (Lipinski definition) is 6. The smallest absolute Gasteiger partial charge is 0.410 e. The van der Waals surface area contributed by atoms with Crippen LogP contribution >= 0.6 is 11.3 Å². The van der Waals surface area contributed by atoms with Crippen molar-refractivity contribution < 1.29 is 9.53 Å². The maximum atomic E-state index is 12.1. The van der Waals surface area contributed by atoms with Crippen LogP contribution < -0.4 is 4.90 Å². The fourth-order valence-electron chi connectivity index (χ4n) is 2.64. The van der Waals surface area contributed by atoms with Crippen LogP contribution in [0.15, 0.2) is 12.4 Å². The zero-order valence-corrected chi connectivity index (χ0v) is 14.8. The van der Waals surface area contributed by atoms with Gasteiger partial charge < -0.3 is 14.5 Å². The number of ether oxygens (including phenoxy) is 1. The second-order valence-electron chi connectivity index (χ2n) is 6.73. The number of piperazine rings is 1. The van der Waals surface area contributed by atoms with Crippen molar-refractivity contribution in [3.63, 3.8) is 0 Å². The lowest BCUT2D eigenvalue weighted by molar-refractivity contribution is 0.0240. The molecule has 3 heterocycles. The van der Waals surface area contributed by atoms with E-state index >= 15 is 0 Å². The molecule has 0 atom stereocenters. The average Bonchev–Trinajstić information content (AvgIpc) is 2.85. The Bertz CT molecular complexity index is 714. The second-order valence-corrected chi connectivity index (χ2v) is 7.96. The van der Waals surface area contributed by atoms with Crippen molar-refractivity contribution >= 4 is 33.5 Å². The lowest BCUT2D eigenvalue weighted by Crippen LogP contribution is -2.50. The summed E-state index contributed by atoms with van der Waals surface area (Å²) in [5, 5.41) is 1.10. The molecule has 3 rings (SSSR count). The highest BCUT2D eigenvalue weighted by atomic mass is 32.1. The molecule has 0 saturated carbocycles. The quantitative estimate of drug-likeness (QED) is 0.802. The van der Waals surface area contributed by atoms with E-state index in [1.807, 2.05) is 20.8 Å². The van der Waals surface area contributed by atoms with Crippen LogP contribution in [0.25, 0.3) is 10.2 Å². The Balaban J connectivity index is 1.70. The summed E-state index contributed by atoms with van der Waals surface area (Å²) in [6.07, 6.45) is 1.38. The molecule has 0 bridgehead atoms. The van der Waals surface area contributed by atoms with Crippen LogP contribution in [0.5, 0.6) is 0 Å². The molecule has 1 fully saturated rings. The fraction of sp³-hybridized carbons (Fsp3) is 0.562. The summed E-state index contributed by atoms with van der Waals surface area (Å²) in [5.41, 5.74) is -0.457. The summed E-state index contributed by atoms with van der Waals surface area (Å²) in [5.74, 6) is 0.961. The minimum absolute atomic E-state index is 0.239. The summed E-state index contributed by atoms with van der Waals surface area (Å²) in [7, 11) is 0. The molecule has 1 aliphatic rings. The van der Waals surface area contributed by atoms with Gasteiger partial charge in [0.1, 0.15) is 22.6 Å². The molecule has 0 N–H and O–H groups in total. The van der Waals surface area contributed by atoms with Gasteiger partial charge in [-0.05, 0) is 33.8 Å². The first-order valence-corrected chi connectivity index (χ1v) is 8.59. The van der Waals surface area contributed by atoms with Gasteiger partial charge in [0.2, 0.25) is 0 Å². The number of rotatable bonds is 1. The van der Waals surface area contributed by atoms with E-state index in [2.05, 4.69) is 27.9 Å². The predicted octanol–water partition coefficient (Wildman–Crippen LogP) is 3.06. The molecular formula is C16H22N4O2S. The first kappa shape index (κ1) is 16.0. The van der Waals surface area contributed by atoms with Crippen molar-refractivity contribution in [2.24, 2.45) is 0 Å². The van der Waals surface area contributed by atoms with Crippen molar-refractivity contribution in [1.82, 2.24) is 14.9 Å². The van der Waals surface area contributed by atoms with E-state index in [0.717, 1.165) is 29.1 Å². The average molecular weight is 334 g/mol.